The van der Waals surface area contributed by atoms with Gasteiger partial charge in [0, 0.05) is 10.0 Å². The average molecular weight is 263 g/mol. The van der Waals surface area contributed by atoms with Crippen LogP contribution in [-0.2, 0) is 0 Å². The minimum atomic E-state index is 0.392. The number of rotatable bonds is 2. The standard InChI is InChI=1S/C11H7BrN2O/c12-9-3-1-8(2-4-9)11-5-10(6-15)13-7-14-11/h1-7H. The summed E-state index contributed by atoms with van der Waals surface area (Å²) in [6, 6.07) is 9.38. The van der Waals surface area contributed by atoms with E-state index in [4.69, 9.17) is 0 Å². The Morgan fingerprint density at radius 2 is 1.87 bits per heavy atom. The zero-order chi connectivity index (χ0) is 10.7. The fourth-order valence-corrected chi connectivity index (χ4v) is 1.48. The molecule has 0 saturated carbocycles. The first kappa shape index (κ1) is 9.98. The first-order valence-electron chi connectivity index (χ1n) is 4.33. The van der Waals surface area contributed by atoms with E-state index in [0.29, 0.717) is 12.0 Å². The van der Waals surface area contributed by atoms with E-state index in [-0.39, 0.29) is 0 Å². The maximum Gasteiger partial charge on any atom is 0.168 e. The lowest BCUT2D eigenvalue weighted by Crippen LogP contribution is -1.90. The number of benzene rings is 1. The van der Waals surface area contributed by atoms with Crippen molar-refractivity contribution in [1.82, 2.24) is 9.97 Å². The topological polar surface area (TPSA) is 42.9 Å². The van der Waals surface area contributed by atoms with Crippen LogP contribution >= 0.6 is 15.9 Å². The highest BCUT2D eigenvalue weighted by Crippen LogP contribution is 2.19. The van der Waals surface area contributed by atoms with Crippen LogP contribution < -0.4 is 0 Å². The zero-order valence-electron chi connectivity index (χ0n) is 7.72. The van der Waals surface area contributed by atoms with Gasteiger partial charge in [-0.05, 0) is 18.2 Å². The number of aldehydes is 1. The minimum Gasteiger partial charge on any atom is -0.296 e. The van der Waals surface area contributed by atoms with Crippen molar-refractivity contribution in [3.05, 3.63) is 46.8 Å². The lowest BCUT2D eigenvalue weighted by atomic mass is 10.1. The van der Waals surface area contributed by atoms with E-state index < -0.39 is 0 Å². The fraction of sp³-hybridized carbons (Fsp3) is 0. The zero-order valence-corrected chi connectivity index (χ0v) is 9.31. The van der Waals surface area contributed by atoms with Crippen LogP contribution in [0.25, 0.3) is 11.3 Å². The maximum atomic E-state index is 10.5. The molecule has 1 heterocycles. The van der Waals surface area contributed by atoms with Crippen LogP contribution in [-0.4, -0.2) is 16.3 Å². The third-order valence-corrected chi connectivity index (χ3v) is 2.48. The van der Waals surface area contributed by atoms with Crippen LogP contribution in [0.4, 0.5) is 0 Å². The van der Waals surface area contributed by atoms with Crippen molar-refractivity contribution in [2.45, 2.75) is 0 Å². The molecule has 0 spiro atoms. The molecule has 15 heavy (non-hydrogen) atoms. The van der Waals surface area contributed by atoms with Gasteiger partial charge in [-0.15, -0.1) is 0 Å². The van der Waals surface area contributed by atoms with Gasteiger partial charge < -0.3 is 0 Å². The highest BCUT2D eigenvalue weighted by molar-refractivity contribution is 9.10. The molecule has 0 radical (unpaired) electrons. The summed E-state index contributed by atoms with van der Waals surface area (Å²) in [6.45, 7) is 0. The Bertz CT molecular complexity index is 482. The molecule has 0 fully saturated rings. The monoisotopic (exact) mass is 262 g/mol. The molecule has 0 aliphatic heterocycles. The van der Waals surface area contributed by atoms with Gasteiger partial charge in [-0.3, -0.25) is 4.79 Å². The van der Waals surface area contributed by atoms with Crippen LogP contribution in [0.15, 0.2) is 41.1 Å². The molecule has 74 valence electrons. The maximum absolute atomic E-state index is 10.5. The normalized spacial score (nSPS) is 9.93. The summed E-state index contributed by atoms with van der Waals surface area (Å²) in [6.07, 6.45) is 2.10. The van der Waals surface area contributed by atoms with Gasteiger partial charge in [0.2, 0.25) is 0 Å². The van der Waals surface area contributed by atoms with Crippen LogP contribution in [0, 0.1) is 0 Å². The number of carbonyl (C=O) groups is 1. The summed E-state index contributed by atoms with van der Waals surface area (Å²) in [5, 5.41) is 0. The van der Waals surface area contributed by atoms with E-state index in [1.54, 1.807) is 6.07 Å². The van der Waals surface area contributed by atoms with Gasteiger partial charge >= 0.3 is 0 Å². The molecule has 0 amide bonds. The molecule has 0 N–H and O–H groups in total. The Balaban J connectivity index is 2.44. The molecule has 0 saturated heterocycles. The van der Waals surface area contributed by atoms with E-state index in [1.807, 2.05) is 24.3 Å². The summed E-state index contributed by atoms with van der Waals surface area (Å²) in [5.74, 6) is 0. The van der Waals surface area contributed by atoms with Gasteiger partial charge in [-0.25, -0.2) is 9.97 Å². The lowest BCUT2D eigenvalue weighted by Gasteiger charge is -2.00. The molecule has 3 nitrogen and oxygen atoms in total. The Morgan fingerprint density at radius 3 is 2.53 bits per heavy atom. The second-order valence-electron chi connectivity index (χ2n) is 2.95. The Morgan fingerprint density at radius 1 is 1.13 bits per heavy atom. The molecular weight excluding hydrogens is 256 g/mol. The largest absolute Gasteiger partial charge is 0.296 e. The van der Waals surface area contributed by atoms with Crippen molar-refractivity contribution in [3.8, 4) is 11.3 Å². The van der Waals surface area contributed by atoms with Crippen LogP contribution in [0.2, 0.25) is 0 Å². The van der Waals surface area contributed by atoms with E-state index in [9.17, 15) is 4.79 Å². The smallest absolute Gasteiger partial charge is 0.168 e. The van der Waals surface area contributed by atoms with E-state index in [2.05, 4.69) is 25.9 Å². The number of halogens is 1. The predicted molar refractivity (Wildman–Crippen MR) is 60.6 cm³/mol. The average Bonchev–Trinajstić information content (AvgIpc) is 2.30. The number of carbonyl (C=O) groups excluding carboxylic acids is 1. The lowest BCUT2D eigenvalue weighted by molar-refractivity contribution is 0.111. The molecule has 1 aromatic carbocycles. The van der Waals surface area contributed by atoms with Gasteiger partial charge in [0.15, 0.2) is 6.29 Å². The van der Waals surface area contributed by atoms with E-state index >= 15 is 0 Å². The molecule has 0 bridgehead atoms. The minimum absolute atomic E-state index is 0.392. The molecule has 0 aliphatic rings. The number of aromatic nitrogens is 2. The third kappa shape index (κ3) is 2.27. The molecule has 2 aromatic rings. The van der Waals surface area contributed by atoms with Crippen molar-refractivity contribution in [2.24, 2.45) is 0 Å². The van der Waals surface area contributed by atoms with Crippen LogP contribution in [0.5, 0.6) is 0 Å². The van der Waals surface area contributed by atoms with E-state index in [1.165, 1.54) is 6.33 Å². The first-order chi connectivity index (χ1) is 7.29. The Kier molecular flexibility index (Phi) is 2.87. The van der Waals surface area contributed by atoms with Gasteiger partial charge in [0.1, 0.15) is 12.0 Å². The highest BCUT2D eigenvalue weighted by Gasteiger charge is 2.00. The Labute approximate surface area is 95.3 Å². The summed E-state index contributed by atoms with van der Waals surface area (Å²) < 4.78 is 1.01. The molecular formula is C11H7BrN2O. The number of hydrogen-bond donors (Lipinski definition) is 0. The highest BCUT2D eigenvalue weighted by atomic mass is 79.9. The summed E-state index contributed by atoms with van der Waals surface area (Å²) >= 11 is 3.36. The summed E-state index contributed by atoms with van der Waals surface area (Å²) in [7, 11) is 0. The number of hydrogen-bond acceptors (Lipinski definition) is 3. The van der Waals surface area contributed by atoms with Crippen molar-refractivity contribution < 1.29 is 4.79 Å². The molecule has 2 rings (SSSR count). The summed E-state index contributed by atoms with van der Waals surface area (Å²) in [5.41, 5.74) is 2.10. The molecule has 0 unspecified atom stereocenters. The van der Waals surface area contributed by atoms with E-state index in [0.717, 1.165) is 15.7 Å². The van der Waals surface area contributed by atoms with Gasteiger partial charge in [0.05, 0.1) is 5.69 Å². The van der Waals surface area contributed by atoms with Gasteiger partial charge in [0.25, 0.3) is 0 Å². The predicted octanol–water partition coefficient (Wildman–Crippen LogP) is 2.72. The third-order valence-electron chi connectivity index (χ3n) is 1.95. The van der Waals surface area contributed by atoms with Crippen LogP contribution in [0.1, 0.15) is 10.5 Å². The van der Waals surface area contributed by atoms with Crippen molar-refractivity contribution >= 4 is 22.2 Å². The summed E-state index contributed by atoms with van der Waals surface area (Å²) in [4.78, 5) is 18.5. The number of nitrogens with zero attached hydrogens (tertiary/aromatic N) is 2. The SMILES string of the molecule is O=Cc1cc(-c2ccc(Br)cc2)ncn1. The molecule has 1 aromatic heterocycles. The van der Waals surface area contributed by atoms with Gasteiger partial charge in [-0.2, -0.15) is 0 Å². The molecule has 0 aliphatic carbocycles. The first-order valence-corrected chi connectivity index (χ1v) is 5.12. The van der Waals surface area contributed by atoms with Crippen molar-refractivity contribution in [2.75, 3.05) is 0 Å². The quantitative estimate of drug-likeness (QED) is 0.782. The van der Waals surface area contributed by atoms with Crippen molar-refractivity contribution in [1.29, 1.82) is 0 Å². The second kappa shape index (κ2) is 4.31. The van der Waals surface area contributed by atoms with Crippen molar-refractivity contribution in [3.63, 3.8) is 0 Å². The Hall–Kier alpha value is -1.55. The molecule has 0 atom stereocenters. The second-order valence-corrected chi connectivity index (χ2v) is 3.87. The van der Waals surface area contributed by atoms with Crippen LogP contribution in [0.3, 0.4) is 0 Å². The fourth-order valence-electron chi connectivity index (χ4n) is 1.22. The van der Waals surface area contributed by atoms with Gasteiger partial charge in [-0.1, -0.05) is 28.1 Å². The molecule has 4 heteroatoms.